The van der Waals surface area contributed by atoms with Gasteiger partial charge in [0.25, 0.3) is 0 Å². The maximum Gasteiger partial charge on any atom is 0.312 e. The maximum atomic E-state index is 12.9. The fourth-order valence-corrected chi connectivity index (χ4v) is 2.94. The molecule has 10 heteroatoms. The Kier molecular flexibility index (Phi) is 12.0. The number of terminal acetylenes is 1. The van der Waals surface area contributed by atoms with Crippen LogP contribution in [0.5, 0.6) is 0 Å². The van der Waals surface area contributed by atoms with E-state index in [1.54, 1.807) is 38.1 Å². The molecule has 0 aromatic heterocycles. The number of amides is 5. The highest BCUT2D eigenvalue weighted by molar-refractivity contribution is 5.98. The van der Waals surface area contributed by atoms with Crippen LogP contribution in [0.2, 0.25) is 0 Å². The standard InChI is InChI=1S/C23H33N5O5/c1-4-5-8-19(30)28-20(15(2)3)22(32)27-18(7-6-13-25-23(24)33)21(31)26-17-11-9-16(14-29)10-12-17/h1,9-12,15,18,20,29H,5-8,13-14H2,2-3H3,(H,26,31)(H,27,32)(H,28,30)(H3,24,25,33)/t18-,20-/m0/s1. The monoisotopic (exact) mass is 459 g/mol. The third-order valence-electron chi connectivity index (χ3n) is 4.77. The number of nitrogens with one attached hydrogen (secondary N) is 4. The van der Waals surface area contributed by atoms with Gasteiger partial charge in [-0.2, -0.15) is 0 Å². The molecule has 0 fully saturated rings. The molecular weight excluding hydrogens is 426 g/mol. The molecule has 0 aliphatic rings. The van der Waals surface area contributed by atoms with Crippen LogP contribution in [-0.4, -0.2) is 47.5 Å². The molecule has 0 heterocycles. The fourth-order valence-electron chi connectivity index (χ4n) is 2.94. The molecule has 0 aliphatic carbocycles. The van der Waals surface area contributed by atoms with Gasteiger partial charge in [-0.05, 0) is 36.5 Å². The average molecular weight is 460 g/mol. The second kappa shape index (κ2) is 14.5. The molecule has 7 N–H and O–H groups in total. The Bertz CT molecular complexity index is 848. The molecule has 0 aliphatic heterocycles. The number of hydrogen-bond donors (Lipinski definition) is 6. The van der Waals surface area contributed by atoms with Gasteiger partial charge in [0, 0.05) is 25.1 Å². The molecule has 0 saturated heterocycles. The zero-order valence-corrected chi connectivity index (χ0v) is 19.0. The van der Waals surface area contributed by atoms with Gasteiger partial charge in [-0.3, -0.25) is 14.4 Å². The second-order valence-corrected chi connectivity index (χ2v) is 7.83. The first-order chi connectivity index (χ1) is 15.7. The average Bonchev–Trinajstić information content (AvgIpc) is 2.77. The number of anilines is 1. The normalized spacial score (nSPS) is 12.2. The van der Waals surface area contributed by atoms with Gasteiger partial charge in [-0.15, -0.1) is 12.3 Å². The molecular formula is C23H33N5O5. The number of hydrogen-bond acceptors (Lipinski definition) is 5. The summed E-state index contributed by atoms with van der Waals surface area (Å²) in [5.74, 6) is 0.837. The van der Waals surface area contributed by atoms with Crippen molar-refractivity contribution in [3.63, 3.8) is 0 Å². The zero-order valence-electron chi connectivity index (χ0n) is 19.0. The van der Waals surface area contributed by atoms with Gasteiger partial charge in [0.1, 0.15) is 12.1 Å². The summed E-state index contributed by atoms with van der Waals surface area (Å²) < 4.78 is 0. The van der Waals surface area contributed by atoms with Crippen molar-refractivity contribution >= 4 is 29.4 Å². The SMILES string of the molecule is C#CCCC(=O)N[C@H](C(=O)N[C@@H](CCCNC(N)=O)C(=O)Nc1ccc(CO)cc1)C(C)C. The Morgan fingerprint density at radius 3 is 2.30 bits per heavy atom. The topological polar surface area (TPSA) is 163 Å². The number of nitrogens with two attached hydrogens (primary N) is 1. The quantitative estimate of drug-likeness (QED) is 0.188. The van der Waals surface area contributed by atoms with Crippen LogP contribution in [0, 0.1) is 18.3 Å². The summed E-state index contributed by atoms with van der Waals surface area (Å²) in [6, 6.07) is 4.16. The lowest BCUT2D eigenvalue weighted by molar-refractivity contribution is -0.132. The van der Waals surface area contributed by atoms with Crippen LogP contribution < -0.4 is 27.0 Å². The first-order valence-electron chi connectivity index (χ1n) is 10.7. The molecule has 5 amide bonds. The molecule has 0 spiro atoms. The van der Waals surface area contributed by atoms with Crippen LogP contribution in [0.15, 0.2) is 24.3 Å². The van der Waals surface area contributed by atoms with Crippen LogP contribution in [0.25, 0.3) is 0 Å². The highest BCUT2D eigenvalue weighted by Crippen LogP contribution is 2.12. The lowest BCUT2D eigenvalue weighted by atomic mass is 10.0. The third-order valence-corrected chi connectivity index (χ3v) is 4.77. The summed E-state index contributed by atoms with van der Waals surface area (Å²) in [6.07, 6.45) is 6.14. The number of primary amides is 1. The predicted octanol–water partition coefficient (Wildman–Crippen LogP) is 0.605. The number of aliphatic hydroxyl groups is 1. The number of urea groups is 1. The zero-order chi connectivity index (χ0) is 24.8. The minimum absolute atomic E-state index is 0.0968. The van der Waals surface area contributed by atoms with E-state index in [4.69, 9.17) is 17.3 Å². The molecule has 0 radical (unpaired) electrons. The minimum Gasteiger partial charge on any atom is -0.392 e. The molecule has 1 aromatic carbocycles. The largest absolute Gasteiger partial charge is 0.392 e. The molecule has 10 nitrogen and oxygen atoms in total. The molecule has 0 saturated carbocycles. The van der Waals surface area contributed by atoms with Gasteiger partial charge in [0.15, 0.2) is 0 Å². The van der Waals surface area contributed by atoms with Crippen LogP contribution in [0.1, 0.15) is 45.1 Å². The van der Waals surface area contributed by atoms with E-state index in [0.29, 0.717) is 17.7 Å². The van der Waals surface area contributed by atoms with E-state index in [0.717, 1.165) is 0 Å². The third kappa shape index (κ3) is 10.5. The maximum absolute atomic E-state index is 12.9. The van der Waals surface area contributed by atoms with Crippen LogP contribution >= 0.6 is 0 Å². The molecule has 1 aromatic rings. The van der Waals surface area contributed by atoms with Gasteiger partial charge in [-0.1, -0.05) is 26.0 Å². The van der Waals surface area contributed by atoms with E-state index in [9.17, 15) is 19.2 Å². The second-order valence-electron chi connectivity index (χ2n) is 7.83. The van der Waals surface area contributed by atoms with Crippen molar-refractivity contribution in [3.05, 3.63) is 29.8 Å². The smallest absolute Gasteiger partial charge is 0.312 e. The number of benzene rings is 1. The fraction of sp³-hybridized carbons (Fsp3) is 0.478. The Labute approximate surface area is 194 Å². The first-order valence-corrected chi connectivity index (χ1v) is 10.7. The minimum atomic E-state index is -0.923. The Morgan fingerprint density at radius 1 is 1.09 bits per heavy atom. The molecule has 0 unspecified atom stereocenters. The van der Waals surface area contributed by atoms with Crippen molar-refractivity contribution in [2.24, 2.45) is 11.7 Å². The Hall–Kier alpha value is -3.58. The van der Waals surface area contributed by atoms with Crippen molar-refractivity contribution in [1.82, 2.24) is 16.0 Å². The summed E-state index contributed by atoms with van der Waals surface area (Å²) in [4.78, 5) is 48.8. The summed E-state index contributed by atoms with van der Waals surface area (Å²) in [5.41, 5.74) is 6.25. The number of rotatable bonds is 13. The van der Waals surface area contributed by atoms with E-state index >= 15 is 0 Å². The Morgan fingerprint density at radius 2 is 1.76 bits per heavy atom. The van der Waals surface area contributed by atoms with Gasteiger partial charge in [0.2, 0.25) is 17.7 Å². The summed E-state index contributed by atoms with van der Waals surface area (Å²) in [5, 5.41) is 19.7. The van der Waals surface area contributed by atoms with Gasteiger partial charge in [-0.25, -0.2) is 4.79 Å². The van der Waals surface area contributed by atoms with E-state index < -0.39 is 29.9 Å². The van der Waals surface area contributed by atoms with Gasteiger partial charge < -0.3 is 32.1 Å². The first kappa shape index (κ1) is 27.5. The van der Waals surface area contributed by atoms with Crippen molar-refractivity contribution in [2.75, 3.05) is 11.9 Å². The number of carbonyl (C=O) groups excluding carboxylic acids is 4. The van der Waals surface area contributed by atoms with Crippen LogP contribution in [0.3, 0.4) is 0 Å². The van der Waals surface area contributed by atoms with Crippen LogP contribution in [0.4, 0.5) is 10.5 Å². The van der Waals surface area contributed by atoms with Crippen molar-refractivity contribution < 1.29 is 24.3 Å². The van der Waals surface area contributed by atoms with E-state index in [-0.39, 0.29) is 44.2 Å². The summed E-state index contributed by atoms with van der Waals surface area (Å²) >= 11 is 0. The van der Waals surface area contributed by atoms with Crippen molar-refractivity contribution in [1.29, 1.82) is 0 Å². The van der Waals surface area contributed by atoms with Crippen molar-refractivity contribution in [2.45, 2.75) is 58.2 Å². The molecule has 180 valence electrons. The number of carbonyl (C=O) groups is 4. The lowest BCUT2D eigenvalue weighted by Crippen LogP contribution is -2.54. The molecule has 33 heavy (non-hydrogen) atoms. The number of aliphatic hydroxyl groups excluding tert-OH is 1. The highest BCUT2D eigenvalue weighted by atomic mass is 16.3. The highest BCUT2D eigenvalue weighted by Gasteiger charge is 2.28. The summed E-state index contributed by atoms with van der Waals surface area (Å²) in [7, 11) is 0. The van der Waals surface area contributed by atoms with Crippen LogP contribution in [-0.2, 0) is 21.0 Å². The van der Waals surface area contributed by atoms with E-state index in [1.807, 2.05) is 0 Å². The molecule has 1 rings (SSSR count). The lowest BCUT2D eigenvalue weighted by Gasteiger charge is -2.25. The Balaban J connectivity index is 2.89. The van der Waals surface area contributed by atoms with Gasteiger partial charge >= 0.3 is 6.03 Å². The van der Waals surface area contributed by atoms with Crippen molar-refractivity contribution in [3.8, 4) is 12.3 Å². The van der Waals surface area contributed by atoms with E-state index in [2.05, 4.69) is 27.2 Å². The summed E-state index contributed by atoms with van der Waals surface area (Å²) in [6.45, 7) is 3.67. The predicted molar refractivity (Wildman–Crippen MR) is 125 cm³/mol. The molecule has 0 bridgehead atoms. The molecule has 2 atom stereocenters. The van der Waals surface area contributed by atoms with Gasteiger partial charge in [0.05, 0.1) is 6.61 Å². The van der Waals surface area contributed by atoms with E-state index in [1.165, 1.54) is 0 Å².